The number of benzene rings is 1. The largest absolute Gasteiger partial charge is 0.486 e. The molecule has 0 aliphatic heterocycles. The maximum Gasteiger partial charge on any atom is 0.193 e. The molecule has 0 fully saturated rings. The number of nitrogens with zero attached hydrogens (tertiary/aromatic N) is 2. The van der Waals surface area contributed by atoms with Crippen LogP contribution in [0.15, 0.2) is 36.0 Å². The Morgan fingerprint density at radius 2 is 2.35 bits per heavy atom. The number of hydrogen-bond donors (Lipinski definition) is 1. The third kappa shape index (κ3) is 2.49. The van der Waals surface area contributed by atoms with Gasteiger partial charge in [-0.3, -0.25) is 4.40 Å². The molecule has 0 saturated carbocycles. The third-order valence-corrected chi connectivity index (χ3v) is 4.03. The molecule has 4 nitrogen and oxygen atoms in total. The summed E-state index contributed by atoms with van der Waals surface area (Å²) in [5.41, 5.74) is 7.08. The summed E-state index contributed by atoms with van der Waals surface area (Å²) >= 11 is 12.7. The molecule has 0 saturated heterocycles. The van der Waals surface area contributed by atoms with Gasteiger partial charge in [0.15, 0.2) is 4.96 Å². The zero-order chi connectivity index (χ0) is 14.1. The standard InChI is InChI=1S/C13H10ClN3OS2/c14-9-2-1-3-10(11(9)12(15)19)18-7-8-6-17-4-5-20-13(17)16-8/h1-6H,7H2,(H2,15,19). The second kappa shape index (κ2) is 5.40. The smallest absolute Gasteiger partial charge is 0.193 e. The number of fused-ring (bicyclic) bond motifs is 1. The van der Waals surface area contributed by atoms with Gasteiger partial charge in [0.1, 0.15) is 17.3 Å². The second-order valence-electron chi connectivity index (χ2n) is 4.09. The Morgan fingerprint density at radius 1 is 1.50 bits per heavy atom. The number of thiazole rings is 1. The lowest BCUT2D eigenvalue weighted by Gasteiger charge is -2.10. The highest BCUT2D eigenvalue weighted by Crippen LogP contribution is 2.27. The van der Waals surface area contributed by atoms with Crippen LogP contribution in [0.4, 0.5) is 0 Å². The predicted molar refractivity (Wildman–Crippen MR) is 84.7 cm³/mol. The van der Waals surface area contributed by atoms with Crippen LogP contribution in [-0.2, 0) is 6.61 Å². The number of thiocarbonyl (C=S) groups is 1. The summed E-state index contributed by atoms with van der Waals surface area (Å²) in [6, 6.07) is 5.32. The number of nitrogens with two attached hydrogens (primary N) is 1. The fourth-order valence-electron chi connectivity index (χ4n) is 1.86. The molecule has 0 unspecified atom stereocenters. The number of ether oxygens (including phenoxy) is 1. The molecule has 102 valence electrons. The van der Waals surface area contributed by atoms with Crippen LogP contribution >= 0.6 is 35.2 Å². The Morgan fingerprint density at radius 3 is 3.10 bits per heavy atom. The molecule has 0 aliphatic rings. The van der Waals surface area contributed by atoms with Crippen molar-refractivity contribution in [3.63, 3.8) is 0 Å². The minimum atomic E-state index is 0.219. The topological polar surface area (TPSA) is 52.5 Å². The van der Waals surface area contributed by atoms with Crippen LogP contribution in [0.1, 0.15) is 11.3 Å². The number of aromatic nitrogens is 2. The van der Waals surface area contributed by atoms with E-state index in [2.05, 4.69) is 4.98 Å². The summed E-state index contributed by atoms with van der Waals surface area (Å²) in [6.45, 7) is 0.338. The van der Waals surface area contributed by atoms with Gasteiger partial charge in [-0.2, -0.15) is 0 Å². The average Bonchev–Trinajstić information content (AvgIpc) is 2.96. The molecule has 2 N–H and O–H groups in total. The highest BCUT2D eigenvalue weighted by Gasteiger charge is 2.12. The van der Waals surface area contributed by atoms with E-state index in [0.29, 0.717) is 22.9 Å². The van der Waals surface area contributed by atoms with E-state index in [4.69, 9.17) is 34.3 Å². The minimum absolute atomic E-state index is 0.219. The van der Waals surface area contributed by atoms with E-state index in [0.717, 1.165) is 10.7 Å². The van der Waals surface area contributed by atoms with Crippen LogP contribution in [0.3, 0.4) is 0 Å². The summed E-state index contributed by atoms with van der Waals surface area (Å²) < 4.78 is 7.70. The zero-order valence-corrected chi connectivity index (χ0v) is 12.6. The van der Waals surface area contributed by atoms with Crippen molar-refractivity contribution < 1.29 is 4.74 Å². The highest BCUT2D eigenvalue weighted by molar-refractivity contribution is 7.80. The first kappa shape index (κ1) is 13.4. The first-order chi connectivity index (χ1) is 9.65. The lowest BCUT2D eigenvalue weighted by molar-refractivity contribution is 0.301. The van der Waals surface area contributed by atoms with Gasteiger partial charge in [0, 0.05) is 17.8 Å². The Labute approximate surface area is 129 Å². The second-order valence-corrected chi connectivity index (χ2v) is 5.81. The van der Waals surface area contributed by atoms with E-state index in [1.54, 1.807) is 29.5 Å². The van der Waals surface area contributed by atoms with Gasteiger partial charge in [0.05, 0.1) is 16.3 Å². The van der Waals surface area contributed by atoms with E-state index in [1.165, 1.54) is 0 Å². The first-order valence-electron chi connectivity index (χ1n) is 5.77. The molecule has 3 aromatic rings. The van der Waals surface area contributed by atoms with Crippen molar-refractivity contribution in [1.29, 1.82) is 0 Å². The lowest BCUT2D eigenvalue weighted by Crippen LogP contribution is -2.12. The van der Waals surface area contributed by atoms with Crippen molar-refractivity contribution >= 4 is 45.1 Å². The molecule has 0 atom stereocenters. The maximum absolute atomic E-state index is 6.09. The molecule has 0 bridgehead atoms. The van der Waals surface area contributed by atoms with Crippen LogP contribution in [0.2, 0.25) is 5.02 Å². The van der Waals surface area contributed by atoms with Gasteiger partial charge in [-0.25, -0.2) is 4.98 Å². The van der Waals surface area contributed by atoms with Crippen LogP contribution in [0.5, 0.6) is 5.75 Å². The van der Waals surface area contributed by atoms with Gasteiger partial charge in [-0.15, -0.1) is 11.3 Å². The Bertz CT molecular complexity index is 752. The molecule has 0 radical (unpaired) electrons. The molecule has 1 aromatic carbocycles. The van der Waals surface area contributed by atoms with E-state index in [1.807, 2.05) is 22.2 Å². The van der Waals surface area contributed by atoms with E-state index in [9.17, 15) is 0 Å². The van der Waals surface area contributed by atoms with Crippen molar-refractivity contribution in [2.75, 3.05) is 0 Å². The molecule has 7 heteroatoms. The maximum atomic E-state index is 6.09. The van der Waals surface area contributed by atoms with E-state index >= 15 is 0 Å². The quantitative estimate of drug-likeness (QED) is 0.749. The van der Waals surface area contributed by atoms with Gasteiger partial charge in [-0.1, -0.05) is 29.9 Å². The number of imidazole rings is 1. The summed E-state index contributed by atoms with van der Waals surface area (Å²) in [6.07, 6.45) is 3.88. The zero-order valence-electron chi connectivity index (χ0n) is 10.2. The van der Waals surface area contributed by atoms with Crippen molar-refractivity contribution in [1.82, 2.24) is 9.38 Å². The summed E-state index contributed by atoms with van der Waals surface area (Å²) in [7, 11) is 0. The number of halogens is 1. The van der Waals surface area contributed by atoms with Crippen LogP contribution in [0.25, 0.3) is 4.96 Å². The third-order valence-electron chi connectivity index (χ3n) is 2.74. The van der Waals surface area contributed by atoms with Crippen molar-refractivity contribution in [3.05, 3.63) is 52.3 Å². The molecule has 0 spiro atoms. The fraction of sp³-hybridized carbons (Fsp3) is 0.0769. The molecular formula is C13H10ClN3OS2. The molecule has 2 heterocycles. The minimum Gasteiger partial charge on any atom is -0.486 e. The van der Waals surface area contributed by atoms with E-state index < -0.39 is 0 Å². The molecule has 0 aliphatic carbocycles. The van der Waals surface area contributed by atoms with Crippen molar-refractivity contribution in [2.45, 2.75) is 6.61 Å². The molecule has 20 heavy (non-hydrogen) atoms. The Balaban J connectivity index is 1.83. The van der Waals surface area contributed by atoms with Gasteiger partial charge >= 0.3 is 0 Å². The normalized spacial score (nSPS) is 10.8. The number of hydrogen-bond acceptors (Lipinski definition) is 4. The van der Waals surface area contributed by atoms with Crippen molar-refractivity contribution in [3.8, 4) is 5.75 Å². The SMILES string of the molecule is NC(=S)c1c(Cl)cccc1OCc1cn2ccsc2n1. The monoisotopic (exact) mass is 323 g/mol. The molecular weight excluding hydrogens is 314 g/mol. The molecule has 0 amide bonds. The Kier molecular flexibility index (Phi) is 3.60. The number of rotatable bonds is 4. The Hall–Kier alpha value is -1.63. The first-order valence-corrected chi connectivity index (χ1v) is 7.44. The van der Waals surface area contributed by atoms with Crippen LogP contribution in [-0.4, -0.2) is 14.4 Å². The van der Waals surface area contributed by atoms with E-state index in [-0.39, 0.29) is 4.99 Å². The molecule has 3 rings (SSSR count). The summed E-state index contributed by atoms with van der Waals surface area (Å²) in [5, 5.41) is 2.47. The predicted octanol–water partition coefficient (Wildman–Crippen LogP) is 3.26. The fourth-order valence-corrected chi connectivity index (χ4v) is 3.11. The van der Waals surface area contributed by atoms with Gasteiger partial charge in [-0.05, 0) is 12.1 Å². The van der Waals surface area contributed by atoms with Crippen LogP contribution in [0, 0.1) is 0 Å². The van der Waals surface area contributed by atoms with Crippen LogP contribution < -0.4 is 10.5 Å². The summed E-state index contributed by atoms with van der Waals surface area (Å²) in [4.78, 5) is 5.60. The summed E-state index contributed by atoms with van der Waals surface area (Å²) in [5.74, 6) is 0.571. The van der Waals surface area contributed by atoms with Gasteiger partial charge < -0.3 is 10.5 Å². The lowest BCUT2D eigenvalue weighted by atomic mass is 10.2. The van der Waals surface area contributed by atoms with Gasteiger partial charge in [0.25, 0.3) is 0 Å². The highest BCUT2D eigenvalue weighted by atomic mass is 35.5. The average molecular weight is 324 g/mol. The molecule has 2 aromatic heterocycles. The van der Waals surface area contributed by atoms with Gasteiger partial charge in [0.2, 0.25) is 0 Å². The van der Waals surface area contributed by atoms with Crippen molar-refractivity contribution in [2.24, 2.45) is 5.73 Å².